The number of methoxy groups -OCH3 is 1. The monoisotopic (exact) mass is 482 g/mol. The molecule has 2 amide bonds. The summed E-state index contributed by atoms with van der Waals surface area (Å²) in [7, 11) is 1.48. The zero-order valence-electron chi connectivity index (χ0n) is 20.5. The van der Waals surface area contributed by atoms with Crippen LogP contribution >= 0.6 is 0 Å². The van der Waals surface area contributed by atoms with E-state index in [0.717, 1.165) is 22.3 Å². The highest BCUT2D eigenvalue weighted by Crippen LogP contribution is 2.44. The molecular formula is C27H34N2O6. The Bertz CT molecular complexity index is 994. The quantitative estimate of drug-likeness (QED) is 0.443. The molecule has 0 saturated carbocycles. The van der Waals surface area contributed by atoms with Crippen LogP contribution in [0, 0.1) is 0 Å². The van der Waals surface area contributed by atoms with Gasteiger partial charge in [-0.25, -0.2) is 4.79 Å². The number of rotatable bonds is 12. The lowest BCUT2D eigenvalue weighted by Gasteiger charge is -2.29. The Morgan fingerprint density at radius 1 is 1.03 bits per heavy atom. The minimum Gasteiger partial charge on any atom is -0.481 e. The Morgan fingerprint density at radius 3 is 2.17 bits per heavy atom. The average Bonchev–Trinajstić information content (AvgIpc) is 3.18. The average molecular weight is 483 g/mol. The van der Waals surface area contributed by atoms with Crippen LogP contribution < -0.4 is 5.32 Å². The van der Waals surface area contributed by atoms with Crippen molar-refractivity contribution in [2.24, 2.45) is 0 Å². The third-order valence-corrected chi connectivity index (χ3v) is 6.49. The maximum atomic E-state index is 13.2. The first-order valence-electron chi connectivity index (χ1n) is 12.0. The van der Waals surface area contributed by atoms with Crippen molar-refractivity contribution in [3.8, 4) is 11.1 Å². The maximum absolute atomic E-state index is 13.2. The molecule has 0 radical (unpaired) electrons. The van der Waals surface area contributed by atoms with Gasteiger partial charge in [0.25, 0.3) is 0 Å². The van der Waals surface area contributed by atoms with Gasteiger partial charge in [-0.15, -0.1) is 0 Å². The summed E-state index contributed by atoms with van der Waals surface area (Å²) in [5.74, 6) is -1.23. The summed E-state index contributed by atoms with van der Waals surface area (Å²) in [6.45, 7) is 4.55. The molecule has 0 aromatic heterocycles. The first-order chi connectivity index (χ1) is 16.9. The Morgan fingerprint density at radius 2 is 1.63 bits per heavy atom. The molecule has 2 aromatic rings. The number of carbonyl (C=O) groups excluding carboxylic acids is 2. The van der Waals surface area contributed by atoms with Crippen molar-refractivity contribution in [1.29, 1.82) is 0 Å². The summed E-state index contributed by atoms with van der Waals surface area (Å²) in [5, 5.41) is 11.5. The summed E-state index contributed by atoms with van der Waals surface area (Å²) in [6, 6.07) is 15.2. The van der Waals surface area contributed by atoms with Crippen LogP contribution in [0.3, 0.4) is 0 Å². The van der Waals surface area contributed by atoms with E-state index >= 15 is 0 Å². The number of aliphatic carboxylic acids is 1. The van der Waals surface area contributed by atoms with Crippen LogP contribution in [0.25, 0.3) is 11.1 Å². The molecule has 0 aliphatic heterocycles. The fraction of sp³-hybridized carbons (Fsp3) is 0.444. The van der Waals surface area contributed by atoms with Gasteiger partial charge in [-0.1, -0.05) is 48.5 Å². The third-order valence-electron chi connectivity index (χ3n) is 6.49. The standard InChI is InChI=1S/C27H34N2O6/c1-4-29(16-10-9-15-24(30)31)26(32)25(18(2)34-3)28-27(33)35-17-23-21-13-7-5-11-19(21)20-12-6-8-14-22(20)23/h5-8,11-14,18,23,25H,4,9-10,15-17H2,1-3H3,(H,28,33)(H,30,31)/t18-,25+/m1/s1. The molecule has 8 nitrogen and oxygen atoms in total. The topological polar surface area (TPSA) is 105 Å². The van der Waals surface area contributed by atoms with E-state index < -0.39 is 24.2 Å². The van der Waals surface area contributed by atoms with Gasteiger partial charge in [-0.05, 0) is 48.9 Å². The molecule has 8 heteroatoms. The minimum atomic E-state index is -0.921. The highest BCUT2D eigenvalue weighted by Gasteiger charge is 2.32. The first kappa shape index (κ1) is 26.2. The predicted molar refractivity (Wildman–Crippen MR) is 132 cm³/mol. The number of nitrogens with one attached hydrogen (secondary N) is 1. The van der Waals surface area contributed by atoms with Crippen molar-refractivity contribution >= 4 is 18.0 Å². The molecule has 2 aromatic carbocycles. The SMILES string of the molecule is CCN(CCCCC(=O)O)C(=O)[C@@H](NC(=O)OCC1c2ccccc2-c2ccccc21)[C@@H](C)OC. The third kappa shape index (κ3) is 6.39. The minimum absolute atomic E-state index is 0.0572. The number of likely N-dealkylation sites (N-methyl/N-ethyl adjacent to an activating group) is 1. The first-order valence-corrected chi connectivity index (χ1v) is 12.0. The highest BCUT2D eigenvalue weighted by atomic mass is 16.5. The summed E-state index contributed by atoms with van der Waals surface area (Å²) in [5.41, 5.74) is 4.50. The summed E-state index contributed by atoms with van der Waals surface area (Å²) >= 11 is 0. The van der Waals surface area contributed by atoms with Crippen LogP contribution in [0.1, 0.15) is 50.2 Å². The normalized spacial score (nSPS) is 13.9. The number of hydrogen-bond donors (Lipinski definition) is 2. The highest BCUT2D eigenvalue weighted by molar-refractivity contribution is 5.86. The van der Waals surface area contributed by atoms with E-state index in [0.29, 0.717) is 25.9 Å². The number of nitrogens with zero attached hydrogens (tertiary/aromatic N) is 1. The lowest BCUT2D eigenvalue weighted by atomic mass is 9.98. The number of carboxylic acids is 1. The number of fused-ring (bicyclic) bond motifs is 3. The van der Waals surface area contributed by atoms with Crippen LogP contribution in [0.4, 0.5) is 4.79 Å². The van der Waals surface area contributed by atoms with Crippen LogP contribution in [0.15, 0.2) is 48.5 Å². The lowest BCUT2D eigenvalue weighted by Crippen LogP contribution is -2.54. The van der Waals surface area contributed by atoms with E-state index in [1.165, 1.54) is 7.11 Å². The number of amides is 2. The second-order valence-electron chi connectivity index (χ2n) is 8.66. The summed E-state index contributed by atoms with van der Waals surface area (Å²) in [6.07, 6.45) is -0.164. The van der Waals surface area contributed by atoms with E-state index in [-0.39, 0.29) is 24.9 Å². The molecule has 0 fully saturated rings. The number of hydrogen-bond acceptors (Lipinski definition) is 5. The van der Waals surface area contributed by atoms with Crippen molar-refractivity contribution < 1.29 is 29.0 Å². The van der Waals surface area contributed by atoms with Crippen LogP contribution in [0.2, 0.25) is 0 Å². The van der Waals surface area contributed by atoms with Gasteiger partial charge in [-0.3, -0.25) is 9.59 Å². The zero-order valence-corrected chi connectivity index (χ0v) is 20.5. The molecule has 1 aliphatic rings. The number of alkyl carbamates (subject to hydrolysis) is 1. The molecule has 2 N–H and O–H groups in total. The molecule has 1 aliphatic carbocycles. The molecule has 188 valence electrons. The number of ether oxygens (including phenoxy) is 2. The van der Waals surface area contributed by atoms with Gasteiger partial charge in [0.05, 0.1) is 6.10 Å². The fourth-order valence-corrected chi connectivity index (χ4v) is 4.48. The Hall–Kier alpha value is -3.39. The molecule has 0 heterocycles. The van der Waals surface area contributed by atoms with Gasteiger partial charge >= 0.3 is 12.1 Å². The fourth-order valence-electron chi connectivity index (χ4n) is 4.48. The van der Waals surface area contributed by atoms with Gasteiger partial charge in [0.1, 0.15) is 12.6 Å². The molecule has 0 bridgehead atoms. The molecule has 3 rings (SSSR count). The van der Waals surface area contributed by atoms with Gasteiger partial charge in [-0.2, -0.15) is 0 Å². The van der Waals surface area contributed by atoms with E-state index in [1.54, 1.807) is 11.8 Å². The van der Waals surface area contributed by atoms with Crippen molar-refractivity contribution in [2.75, 3.05) is 26.8 Å². The number of unbranched alkanes of at least 4 members (excludes halogenated alkanes) is 1. The molecule has 35 heavy (non-hydrogen) atoms. The van der Waals surface area contributed by atoms with Crippen LogP contribution in [0.5, 0.6) is 0 Å². The largest absolute Gasteiger partial charge is 0.481 e. The van der Waals surface area contributed by atoms with Crippen molar-refractivity contribution in [3.63, 3.8) is 0 Å². The van der Waals surface area contributed by atoms with Gasteiger partial charge in [0, 0.05) is 32.5 Å². The molecule has 0 spiro atoms. The molecular weight excluding hydrogens is 448 g/mol. The number of carboxylic acid groups (broad SMARTS) is 1. The van der Waals surface area contributed by atoms with E-state index in [1.807, 2.05) is 43.3 Å². The maximum Gasteiger partial charge on any atom is 0.407 e. The molecule has 0 saturated heterocycles. The van der Waals surface area contributed by atoms with Crippen molar-refractivity contribution in [3.05, 3.63) is 59.7 Å². The van der Waals surface area contributed by atoms with E-state index in [4.69, 9.17) is 14.6 Å². The zero-order chi connectivity index (χ0) is 25.4. The second kappa shape index (κ2) is 12.4. The van der Waals surface area contributed by atoms with Crippen LogP contribution in [-0.4, -0.2) is 66.9 Å². The number of benzene rings is 2. The van der Waals surface area contributed by atoms with Gasteiger partial charge < -0.3 is 24.8 Å². The number of carbonyl (C=O) groups is 3. The molecule has 2 atom stereocenters. The Kier molecular flexibility index (Phi) is 9.25. The summed E-state index contributed by atoms with van der Waals surface area (Å²) < 4.78 is 11.0. The Labute approximate surface area is 206 Å². The molecule has 0 unspecified atom stereocenters. The van der Waals surface area contributed by atoms with Crippen LogP contribution in [-0.2, 0) is 19.1 Å². The Balaban J connectivity index is 1.64. The van der Waals surface area contributed by atoms with E-state index in [2.05, 4.69) is 17.4 Å². The van der Waals surface area contributed by atoms with Crippen molar-refractivity contribution in [1.82, 2.24) is 10.2 Å². The van der Waals surface area contributed by atoms with Gasteiger partial charge in [0.2, 0.25) is 5.91 Å². The smallest absolute Gasteiger partial charge is 0.407 e. The van der Waals surface area contributed by atoms with Crippen molar-refractivity contribution in [2.45, 2.75) is 51.2 Å². The lowest BCUT2D eigenvalue weighted by molar-refractivity contribution is -0.137. The van der Waals surface area contributed by atoms with Gasteiger partial charge in [0.15, 0.2) is 0 Å². The second-order valence-corrected chi connectivity index (χ2v) is 8.66. The summed E-state index contributed by atoms with van der Waals surface area (Å²) in [4.78, 5) is 38.3. The predicted octanol–water partition coefficient (Wildman–Crippen LogP) is 4.03. The van der Waals surface area contributed by atoms with E-state index in [9.17, 15) is 14.4 Å².